The Bertz CT molecular complexity index is 933. The average molecular weight is 474 g/mol. The lowest BCUT2D eigenvalue weighted by molar-refractivity contribution is -0.129. The Morgan fingerprint density at radius 1 is 1.18 bits per heavy atom. The van der Waals surface area contributed by atoms with Crippen LogP contribution in [0.4, 0.5) is 17.5 Å². The first kappa shape index (κ1) is 23.8. The van der Waals surface area contributed by atoms with Gasteiger partial charge in [-0.05, 0) is 44.9 Å². The summed E-state index contributed by atoms with van der Waals surface area (Å²) < 4.78 is 2.09. The molecular weight excluding hydrogens is 438 g/mol. The van der Waals surface area contributed by atoms with Crippen LogP contribution in [0.3, 0.4) is 0 Å². The SMILES string of the molecule is CC1CCCCC(n2cc(Nc3ncc(Cl)c(NCC[C@H](C)N4CCCC4=O)n3)cn2)CC1. The lowest BCUT2D eigenvalue weighted by Crippen LogP contribution is -2.35. The molecule has 2 aromatic rings. The van der Waals surface area contributed by atoms with Gasteiger partial charge in [0.05, 0.1) is 24.1 Å². The van der Waals surface area contributed by atoms with E-state index in [1.165, 1.54) is 38.5 Å². The van der Waals surface area contributed by atoms with E-state index < -0.39 is 0 Å². The number of anilines is 3. The Balaban J connectivity index is 1.32. The van der Waals surface area contributed by atoms with Gasteiger partial charge in [0.1, 0.15) is 10.8 Å². The van der Waals surface area contributed by atoms with Crippen molar-refractivity contribution < 1.29 is 4.79 Å². The maximum absolute atomic E-state index is 11.9. The molecular formula is C24H36ClN7O. The minimum absolute atomic E-state index is 0.202. The van der Waals surface area contributed by atoms with Crippen LogP contribution in [0, 0.1) is 5.92 Å². The van der Waals surface area contributed by atoms with Crippen LogP contribution in [0.1, 0.15) is 77.7 Å². The van der Waals surface area contributed by atoms with Gasteiger partial charge < -0.3 is 15.5 Å². The van der Waals surface area contributed by atoms with Gasteiger partial charge in [-0.25, -0.2) is 4.98 Å². The highest BCUT2D eigenvalue weighted by Gasteiger charge is 2.24. The zero-order valence-corrected chi connectivity index (χ0v) is 20.5. The smallest absolute Gasteiger partial charge is 0.229 e. The molecule has 1 amide bonds. The number of carbonyl (C=O) groups is 1. The Morgan fingerprint density at radius 3 is 2.85 bits per heavy atom. The van der Waals surface area contributed by atoms with Crippen molar-refractivity contribution in [2.75, 3.05) is 23.7 Å². The van der Waals surface area contributed by atoms with Crippen LogP contribution >= 0.6 is 11.6 Å². The maximum atomic E-state index is 11.9. The van der Waals surface area contributed by atoms with Gasteiger partial charge in [-0.1, -0.05) is 37.8 Å². The fraction of sp³-hybridized carbons (Fsp3) is 0.667. The number of nitrogens with zero attached hydrogens (tertiary/aromatic N) is 5. The number of hydrogen-bond acceptors (Lipinski definition) is 6. The first-order valence-corrected chi connectivity index (χ1v) is 12.7. The third kappa shape index (κ3) is 6.37. The molecule has 33 heavy (non-hydrogen) atoms. The molecule has 1 aliphatic carbocycles. The molecule has 3 atom stereocenters. The molecule has 2 fully saturated rings. The zero-order chi connectivity index (χ0) is 23.2. The molecule has 1 saturated heterocycles. The third-order valence-corrected chi connectivity index (χ3v) is 7.23. The minimum Gasteiger partial charge on any atom is -0.369 e. The topological polar surface area (TPSA) is 88.0 Å². The van der Waals surface area contributed by atoms with Gasteiger partial charge in [0.2, 0.25) is 11.9 Å². The van der Waals surface area contributed by atoms with Gasteiger partial charge in [0, 0.05) is 31.7 Å². The van der Waals surface area contributed by atoms with Gasteiger partial charge >= 0.3 is 0 Å². The Kier molecular flexibility index (Phi) is 8.06. The molecule has 3 heterocycles. The van der Waals surface area contributed by atoms with Crippen LogP contribution in [0.25, 0.3) is 0 Å². The van der Waals surface area contributed by atoms with Crippen LogP contribution in [0.5, 0.6) is 0 Å². The summed E-state index contributed by atoms with van der Waals surface area (Å²) in [5.41, 5.74) is 0.875. The number of amides is 1. The highest BCUT2D eigenvalue weighted by atomic mass is 35.5. The van der Waals surface area contributed by atoms with E-state index in [-0.39, 0.29) is 11.9 Å². The van der Waals surface area contributed by atoms with Crippen molar-refractivity contribution in [3.8, 4) is 0 Å². The fourth-order valence-electron chi connectivity index (χ4n) is 4.88. The molecule has 2 N–H and O–H groups in total. The molecule has 0 aromatic carbocycles. The zero-order valence-electron chi connectivity index (χ0n) is 19.8. The third-order valence-electron chi connectivity index (χ3n) is 6.95. The van der Waals surface area contributed by atoms with Crippen LogP contribution in [-0.2, 0) is 4.79 Å². The largest absolute Gasteiger partial charge is 0.369 e. The van der Waals surface area contributed by atoms with Gasteiger partial charge in [-0.3, -0.25) is 9.48 Å². The van der Waals surface area contributed by atoms with Crippen molar-refractivity contribution >= 4 is 35.0 Å². The lowest BCUT2D eigenvalue weighted by Gasteiger charge is -2.24. The predicted molar refractivity (Wildman–Crippen MR) is 132 cm³/mol. The van der Waals surface area contributed by atoms with Crippen LogP contribution < -0.4 is 10.6 Å². The number of likely N-dealkylation sites (tertiary alicyclic amines) is 1. The molecule has 180 valence electrons. The second-order valence-electron chi connectivity index (χ2n) is 9.60. The summed E-state index contributed by atoms with van der Waals surface area (Å²) in [6, 6.07) is 0.656. The summed E-state index contributed by atoms with van der Waals surface area (Å²) in [6.07, 6.45) is 15.5. The average Bonchev–Trinajstić information content (AvgIpc) is 3.42. The van der Waals surface area contributed by atoms with E-state index >= 15 is 0 Å². The van der Waals surface area contributed by atoms with Crippen molar-refractivity contribution in [3.05, 3.63) is 23.6 Å². The summed E-state index contributed by atoms with van der Waals surface area (Å²) in [5.74, 6) is 2.13. The van der Waals surface area contributed by atoms with Gasteiger partial charge in [0.25, 0.3) is 0 Å². The lowest BCUT2D eigenvalue weighted by atomic mass is 9.90. The second-order valence-corrected chi connectivity index (χ2v) is 10.0. The molecule has 0 radical (unpaired) electrons. The number of halogens is 1. The molecule has 1 aliphatic heterocycles. The van der Waals surface area contributed by atoms with Crippen molar-refractivity contribution in [3.63, 3.8) is 0 Å². The Hall–Kier alpha value is -2.35. The summed E-state index contributed by atoms with van der Waals surface area (Å²) in [4.78, 5) is 22.8. The van der Waals surface area contributed by atoms with E-state index in [0.717, 1.165) is 31.0 Å². The monoisotopic (exact) mass is 473 g/mol. The first-order chi connectivity index (χ1) is 16.0. The summed E-state index contributed by atoms with van der Waals surface area (Å²) in [6.45, 7) is 5.98. The number of rotatable bonds is 8. The standard InChI is InChI=1S/C24H36ClN7O/c1-17-6-3-4-7-20(10-9-17)32-16-19(14-28-32)29-24-27-15-21(25)23(30-24)26-12-11-18(2)31-13-5-8-22(31)33/h14-18,20H,3-13H2,1-2H3,(H2,26,27,29,30)/t17?,18-,20?/m0/s1. The van der Waals surface area contributed by atoms with E-state index in [2.05, 4.69) is 50.4 Å². The fourth-order valence-corrected chi connectivity index (χ4v) is 5.03. The number of nitrogens with one attached hydrogen (secondary N) is 2. The Morgan fingerprint density at radius 2 is 2.03 bits per heavy atom. The van der Waals surface area contributed by atoms with Gasteiger partial charge in [-0.15, -0.1) is 0 Å². The van der Waals surface area contributed by atoms with Crippen molar-refractivity contribution in [1.29, 1.82) is 0 Å². The van der Waals surface area contributed by atoms with E-state index in [9.17, 15) is 4.79 Å². The molecule has 0 bridgehead atoms. The first-order valence-electron chi connectivity index (χ1n) is 12.4. The quantitative estimate of drug-likeness (QED) is 0.532. The van der Waals surface area contributed by atoms with Crippen molar-refractivity contribution in [2.24, 2.45) is 5.92 Å². The summed E-state index contributed by atoms with van der Waals surface area (Å²) in [7, 11) is 0. The molecule has 8 nitrogen and oxygen atoms in total. The van der Waals surface area contributed by atoms with Crippen LogP contribution in [-0.4, -0.2) is 49.7 Å². The van der Waals surface area contributed by atoms with Gasteiger partial charge in [-0.2, -0.15) is 10.1 Å². The summed E-state index contributed by atoms with van der Waals surface area (Å²) >= 11 is 6.31. The molecule has 2 unspecified atom stereocenters. The highest BCUT2D eigenvalue weighted by Crippen LogP contribution is 2.30. The molecule has 2 aliphatic rings. The minimum atomic E-state index is 0.202. The summed E-state index contributed by atoms with van der Waals surface area (Å²) in [5, 5.41) is 11.6. The Labute approximate surface area is 201 Å². The van der Waals surface area contributed by atoms with Gasteiger partial charge in [0.15, 0.2) is 0 Å². The number of aromatic nitrogens is 4. The maximum Gasteiger partial charge on any atom is 0.229 e. The van der Waals surface area contributed by atoms with E-state index in [4.69, 9.17) is 11.6 Å². The van der Waals surface area contributed by atoms with E-state index in [0.29, 0.717) is 35.8 Å². The molecule has 0 spiro atoms. The predicted octanol–water partition coefficient (Wildman–Crippen LogP) is 5.41. The second kappa shape index (κ2) is 11.2. The molecule has 9 heteroatoms. The van der Waals surface area contributed by atoms with Crippen LogP contribution in [0.15, 0.2) is 18.6 Å². The molecule has 2 aromatic heterocycles. The molecule has 4 rings (SSSR count). The van der Waals surface area contributed by atoms with E-state index in [1.54, 1.807) is 6.20 Å². The van der Waals surface area contributed by atoms with Crippen molar-refractivity contribution in [1.82, 2.24) is 24.6 Å². The van der Waals surface area contributed by atoms with E-state index in [1.807, 2.05) is 11.1 Å². The highest BCUT2D eigenvalue weighted by molar-refractivity contribution is 6.32. The number of carbonyl (C=O) groups excluding carboxylic acids is 1. The van der Waals surface area contributed by atoms with Crippen LogP contribution in [0.2, 0.25) is 5.02 Å². The van der Waals surface area contributed by atoms with Crippen molar-refractivity contribution in [2.45, 2.75) is 83.7 Å². The number of hydrogen-bond donors (Lipinski definition) is 2. The molecule has 1 saturated carbocycles. The normalized spacial score (nSPS) is 22.6.